The smallest absolute Gasteiger partial charge is 0.258 e. The SMILES string of the molecule is CCOc1cc(C#N)ccc1OCC(=O)NCc1cn(Cc2ccccc2)nc1-c1ccccc1. The maximum atomic E-state index is 12.6. The second kappa shape index (κ2) is 11.5. The van der Waals surface area contributed by atoms with Crippen molar-refractivity contribution in [3.05, 3.63) is 102 Å². The molecule has 1 aromatic heterocycles. The second-order valence-corrected chi connectivity index (χ2v) is 7.82. The summed E-state index contributed by atoms with van der Waals surface area (Å²) in [5.74, 6) is 0.584. The van der Waals surface area contributed by atoms with Crippen LogP contribution in [0, 0.1) is 11.3 Å². The van der Waals surface area contributed by atoms with Crippen LogP contribution in [0.1, 0.15) is 23.6 Å². The number of nitriles is 1. The van der Waals surface area contributed by atoms with E-state index in [0.29, 0.717) is 36.8 Å². The van der Waals surface area contributed by atoms with Gasteiger partial charge in [-0.15, -0.1) is 0 Å². The van der Waals surface area contributed by atoms with Crippen molar-refractivity contribution in [2.24, 2.45) is 0 Å². The molecular formula is C28H26N4O3. The Kier molecular flexibility index (Phi) is 7.77. The summed E-state index contributed by atoms with van der Waals surface area (Å²) in [6, 6.07) is 26.9. The van der Waals surface area contributed by atoms with Gasteiger partial charge in [-0.05, 0) is 24.6 Å². The Morgan fingerprint density at radius 1 is 1.00 bits per heavy atom. The molecule has 0 aliphatic rings. The Balaban J connectivity index is 1.44. The first kappa shape index (κ1) is 23.6. The number of rotatable bonds is 10. The zero-order valence-corrected chi connectivity index (χ0v) is 19.5. The van der Waals surface area contributed by atoms with Crippen molar-refractivity contribution in [1.82, 2.24) is 15.1 Å². The largest absolute Gasteiger partial charge is 0.490 e. The molecule has 0 aliphatic heterocycles. The van der Waals surface area contributed by atoms with Crippen LogP contribution in [0.2, 0.25) is 0 Å². The maximum Gasteiger partial charge on any atom is 0.258 e. The molecule has 0 saturated carbocycles. The predicted molar refractivity (Wildman–Crippen MR) is 133 cm³/mol. The van der Waals surface area contributed by atoms with Gasteiger partial charge in [0.2, 0.25) is 0 Å². The third kappa shape index (κ3) is 6.27. The summed E-state index contributed by atoms with van der Waals surface area (Å²) in [7, 11) is 0. The van der Waals surface area contributed by atoms with E-state index >= 15 is 0 Å². The molecule has 1 N–H and O–H groups in total. The normalized spacial score (nSPS) is 10.4. The molecule has 35 heavy (non-hydrogen) atoms. The number of benzene rings is 3. The van der Waals surface area contributed by atoms with Gasteiger partial charge in [-0.3, -0.25) is 9.48 Å². The standard InChI is InChI=1S/C28H26N4O3/c1-2-34-26-15-22(16-29)13-14-25(26)35-20-27(33)30-17-24-19-32(18-21-9-5-3-6-10-21)31-28(24)23-11-7-4-8-12-23/h3-15,19H,2,17-18,20H2,1H3,(H,30,33). The number of aromatic nitrogens is 2. The number of amides is 1. The molecule has 1 amide bonds. The van der Waals surface area contributed by atoms with Gasteiger partial charge in [0, 0.05) is 29.9 Å². The topological polar surface area (TPSA) is 89.2 Å². The molecule has 176 valence electrons. The molecule has 0 aliphatic carbocycles. The van der Waals surface area contributed by atoms with E-state index in [1.165, 1.54) is 0 Å². The van der Waals surface area contributed by atoms with Gasteiger partial charge in [-0.2, -0.15) is 10.4 Å². The van der Waals surface area contributed by atoms with E-state index in [0.717, 1.165) is 22.4 Å². The summed E-state index contributed by atoms with van der Waals surface area (Å²) >= 11 is 0. The van der Waals surface area contributed by atoms with Gasteiger partial charge in [-0.25, -0.2) is 0 Å². The monoisotopic (exact) mass is 466 g/mol. The second-order valence-electron chi connectivity index (χ2n) is 7.82. The van der Waals surface area contributed by atoms with E-state index in [1.54, 1.807) is 18.2 Å². The van der Waals surface area contributed by atoms with E-state index in [1.807, 2.05) is 66.3 Å². The highest BCUT2D eigenvalue weighted by molar-refractivity contribution is 5.78. The van der Waals surface area contributed by atoms with Crippen molar-refractivity contribution in [2.45, 2.75) is 20.0 Å². The minimum atomic E-state index is -0.272. The van der Waals surface area contributed by atoms with Gasteiger partial charge in [0.05, 0.1) is 30.5 Å². The van der Waals surface area contributed by atoms with Gasteiger partial charge in [0.1, 0.15) is 0 Å². The molecule has 3 aromatic carbocycles. The molecule has 4 aromatic rings. The first-order valence-electron chi connectivity index (χ1n) is 11.4. The van der Waals surface area contributed by atoms with Crippen LogP contribution >= 0.6 is 0 Å². The van der Waals surface area contributed by atoms with Crippen LogP contribution in [0.3, 0.4) is 0 Å². The minimum absolute atomic E-state index is 0.176. The van der Waals surface area contributed by atoms with Crippen molar-refractivity contribution in [2.75, 3.05) is 13.2 Å². The van der Waals surface area contributed by atoms with Crippen LogP contribution < -0.4 is 14.8 Å². The summed E-state index contributed by atoms with van der Waals surface area (Å²) in [4.78, 5) is 12.6. The van der Waals surface area contributed by atoms with Crippen molar-refractivity contribution in [3.63, 3.8) is 0 Å². The molecule has 1 heterocycles. The van der Waals surface area contributed by atoms with Crippen LogP contribution in [0.5, 0.6) is 11.5 Å². The summed E-state index contributed by atoms with van der Waals surface area (Å²) < 4.78 is 13.1. The highest BCUT2D eigenvalue weighted by Gasteiger charge is 2.14. The fourth-order valence-electron chi connectivity index (χ4n) is 3.64. The molecule has 0 atom stereocenters. The van der Waals surface area contributed by atoms with E-state index in [-0.39, 0.29) is 12.5 Å². The molecule has 0 unspecified atom stereocenters. The highest BCUT2D eigenvalue weighted by Crippen LogP contribution is 2.28. The number of hydrogen-bond donors (Lipinski definition) is 1. The zero-order valence-electron chi connectivity index (χ0n) is 19.5. The third-order valence-corrected chi connectivity index (χ3v) is 5.28. The number of nitrogens with zero attached hydrogens (tertiary/aromatic N) is 3. The van der Waals surface area contributed by atoms with E-state index < -0.39 is 0 Å². The number of carbonyl (C=O) groups excluding carboxylic acids is 1. The molecule has 0 radical (unpaired) electrons. The lowest BCUT2D eigenvalue weighted by Crippen LogP contribution is -2.28. The Hall–Kier alpha value is -4.57. The molecular weight excluding hydrogens is 440 g/mol. The Bertz CT molecular complexity index is 1310. The average molecular weight is 467 g/mol. The molecule has 0 bridgehead atoms. The summed E-state index contributed by atoms with van der Waals surface area (Å²) in [5.41, 5.74) is 4.33. The number of carbonyl (C=O) groups is 1. The fourth-order valence-corrected chi connectivity index (χ4v) is 3.64. The zero-order chi connectivity index (χ0) is 24.5. The van der Waals surface area contributed by atoms with Crippen LogP contribution in [0.4, 0.5) is 0 Å². The molecule has 0 fully saturated rings. The third-order valence-electron chi connectivity index (χ3n) is 5.28. The Morgan fingerprint density at radius 3 is 2.46 bits per heavy atom. The van der Waals surface area contributed by atoms with Gasteiger partial charge >= 0.3 is 0 Å². The number of ether oxygens (including phenoxy) is 2. The van der Waals surface area contributed by atoms with Crippen molar-refractivity contribution >= 4 is 5.91 Å². The first-order chi connectivity index (χ1) is 17.2. The summed E-state index contributed by atoms with van der Waals surface area (Å²) in [6.45, 7) is 3.04. The van der Waals surface area contributed by atoms with E-state index in [2.05, 4.69) is 23.5 Å². The molecule has 7 heteroatoms. The lowest BCUT2D eigenvalue weighted by Gasteiger charge is -2.12. The lowest BCUT2D eigenvalue weighted by atomic mass is 10.1. The predicted octanol–water partition coefficient (Wildman–Crippen LogP) is 4.56. The van der Waals surface area contributed by atoms with Crippen LogP contribution in [-0.2, 0) is 17.9 Å². The fraction of sp³-hybridized carbons (Fsp3) is 0.179. The van der Waals surface area contributed by atoms with Crippen LogP contribution in [0.15, 0.2) is 85.1 Å². The number of hydrogen-bond acceptors (Lipinski definition) is 5. The van der Waals surface area contributed by atoms with Crippen molar-refractivity contribution in [1.29, 1.82) is 5.26 Å². The summed E-state index contributed by atoms with van der Waals surface area (Å²) in [6.07, 6.45) is 1.96. The van der Waals surface area contributed by atoms with Crippen LogP contribution in [0.25, 0.3) is 11.3 Å². The summed E-state index contributed by atoms with van der Waals surface area (Å²) in [5, 5.41) is 16.8. The maximum absolute atomic E-state index is 12.6. The lowest BCUT2D eigenvalue weighted by molar-refractivity contribution is -0.123. The van der Waals surface area contributed by atoms with E-state index in [9.17, 15) is 4.79 Å². The van der Waals surface area contributed by atoms with Crippen LogP contribution in [-0.4, -0.2) is 28.9 Å². The van der Waals surface area contributed by atoms with Gasteiger partial charge in [-0.1, -0.05) is 60.7 Å². The molecule has 0 spiro atoms. The van der Waals surface area contributed by atoms with Crippen molar-refractivity contribution in [3.8, 4) is 28.8 Å². The minimum Gasteiger partial charge on any atom is -0.490 e. The quantitative estimate of drug-likeness (QED) is 0.370. The number of nitrogens with one attached hydrogen (secondary N) is 1. The average Bonchev–Trinajstić information content (AvgIpc) is 3.30. The Morgan fingerprint density at radius 2 is 1.74 bits per heavy atom. The molecule has 7 nitrogen and oxygen atoms in total. The highest BCUT2D eigenvalue weighted by atomic mass is 16.5. The molecule has 4 rings (SSSR count). The first-order valence-corrected chi connectivity index (χ1v) is 11.4. The van der Waals surface area contributed by atoms with E-state index in [4.69, 9.17) is 19.8 Å². The van der Waals surface area contributed by atoms with Gasteiger partial charge < -0.3 is 14.8 Å². The van der Waals surface area contributed by atoms with Crippen molar-refractivity contribution < 1.29 is 14.3 Å². The van der Waals surface area contributed by atoms with Gasteiger partial charge in [0.15, 0.2) is 18.1 Å². The Labute approximate surface area is 204 Å². The van der Waals surface area contributed by atoms with Gasteiger partial charge in [0.25, 0.3) is 5.91 Å². The molecule has 0 saturated heterocycles.